The fraction of sp³-hybridized carbons (Fsp3) is 0.258. The summed E-state index contributed by atoms with van der Waals surface area (Å²) in [5.74, 6) is 1.14. The maximum Gasteiger partial charge on any atom is 0.416 e. The van der Waals surface area contributed by atoms with E-state index in [0.29, 0.717) is 40.6 Å². The highest BCUT2D eigenvalue weighted by Gasteiger charge is 2.30. The number of imidazole rings is 1. The third-order valence-corrected chi connectivity index (χ3v) is 7.42. The van der Waals surface area contributed by atoms with Crippen LogP contribution in [-0.4, -0.2) is 43.6 Å². The molecule has 0 unspecified atom stereocenters. The number of piperidine rings is 1. The zero-order valence-corrected chi connectivity index (χ0v) is 22.4. The maximum absolute atomic E-state index is 13.0. The van der Waals surface area contributed by atoms with E-state index in [9.17, 15) is 13.2 Å². The summed E-state index contributed by atoms with van der Waals surface area (Å²) < 4.78 is 41.0. The minimum Gasteiger partial charge on any atom is -0.399 e. The van der Waals surface area contributed by atoms with Gasteiger partial charge in [-0.1, -0.05) is 54.6 Å². The smallest absolute Gasteiger partial charge is 0.399 e. The standard InChI is InChI=1S/C31H30F3N7/c32-31(33,34)24-11-9-22(10-12-24)19-41-20-36-27-29(38-28(39-30(27)41)23-7-4-8-25(35)17-23)37-26-13-15-40(16-14-26)18-21-5-2-1-3-6-21/h1-12,17,20,26H,13-16,18-19,35H2,(H,37,38,39). The van der Waals surface area contributed by atoms with Crippen molar-refractivity contribution in [1.29, 1.82) is 0 Å². The third kappa shape index (κ3) is 6.17. The fourth-order valence-corrected chi connectivity index (χ4v) is 5.23. The van der Waals surface area contributed by atoms with Crippen LogP contribution in [0.3, 0.4) is 0 Å². The topological polar surface area (TPSA) is 84.9 Å². The van der Waals surface area contributed by atoms with E-state index in [2.05, 4.69) is 39.5 Å². The number of nitrogen functional groups attached to an aromatic ring is 1. The van der Waals surface area contributed by atoms with E-state index in [0.717, 1.165) is 50.2 Å². The van der Waals surface area contributed by atoms with E-state index < -0.39 is 11.7 Å². The van der Waals surface area contributed by atoms with Crippen molar-refractivity contribution in [2.24, 2.45) is 0 Å². The third-order valence-electron chi connectivity index (χ3n) is 7.42. The zero-order valence-electron chi connectivity index (χ0n) is 22.4. The van der Waals surface area contributed by atoms with Gasteiger partial charge in [0.05, 0.1) is 18.4 Å². The quantitative estimate of drug-likeness (QED) is 0.231. The second-order valence-corrected chi connectivity index (χ2v) is 10.4. The van der Waals surface area contributed by atoms with Gasteiger partial charge in [-0.05, 0) is 48.2 Å². The first kappa shape index (κ1) is 26.8. The monoisotopic (exact) mass is 557 g/mol. The molecule has 5 aromatic rings. The minimum atomic E-state index is -4.38. The van der Waals surface area contributed by atoms with Gasteiger partial charge in [0.25, 0.3) is 0 Å². The van der Waals surface area contributed by atoms with Crippen molar-refractivity contribution >= 4 is 22.7 Å². The van der Waals surface area contributed by atoms with Crippen molar-refractivity contribution in [2.45, 2.75) is 38.1 Å². The van der Waals surface area contributed by atoms with Crippen molar-refractivity contribution in [3.05, 3.63) is 102 Å². The highest BCUT2D eigenvalue weighted by atomic mass is 19.4. The number of nitrogens with zero attached hydrogens (tertiary/aromatic N) is 5. The molecule has 0 radical (unpaired) electrons. The fourth-order valence-electron chi connectivity index (χ4n) is 5.23. The average Bonchev–Trinajstić information content (AvgIpc) is 3.37. The first-order valence-electron chi connectivity index (χ1n) is 13.6. The molecule has 1 fully saturated rings. The number of nitrogens with two attached hydrogens (primary N) is 1. The molecule has 0 bridgehead atoms. The van der Waals surface area contributed by atoms with Gasteiger partial charge < -0.3 is 15.6 Å². The largest absolute Gasteiger partial charge is 0.416 e. The van der Waals surface area contributed by atoms with Gasteiger partial charge in [0.2, 0.25) is 0 Å². The number of alkyl halides is 3. The summed E-state index contributed by atoms with van der Waals surface area (Å²) in [7, 11) is 0. The Morgan fingerprint density at radius 1 is 0.854 bits per heavy atom. The van der Waals surface area contributed by atoms with Crippen LogP contribution in [0.25, 0.3) is 22.6 Å². The molecular formula is C31H30F3N7. The lowest BCUT2D eigenvalue weighted by Crippen LogP contribution is -2.38. The summed E-state index contributed by atoms with van der Waals surface area (Å²) in [5, 5.41) is 3.62. The molecule has 210 valence electrons. The summed E-state index contributed by atoms with van der Waals surface area (Å²) in [5.41, 5.74) is 9.98. The molecule has 0 saturated carbocycles. The van der Waals surface area contributed by atoms with Crippen LogP contribution in [0.1, 0.15) is 29.5 Å². The van der Waals surface area contributed by atoms with E-state index in [1.54, 1.807) is 12.4 Å². The highest BCUT2D eigenvalue weighted by Crippen LogP contribution is 2.30. The Balaban J connectivity index is 1.26. The Bertz CT molecular complexity index is 1620. The summed E-state index contributed by atoms with van der Waals surface area (Å²) in [6.07, 6.45) is -0.803. The lowest BCUT2D eigenvalue weighted by Gasteiger charge is -2.32. The normalized spacial score (nSPS) is 14.9. The van der Waals surface area contributed by atoms with Gasteiger partial charge in [0.1, 0.15) is 5.52 Å². The molecule has 2 aromatic heterocycles. The Morgan fingerprint density at radius 3 is 2.29 bits per heavy atom. The minimum absolute atomic E-state index is 0.217. The number of anilines is 2. The summed E-state index contributed by atoms with van der Waals surface area (Å²) in [6.45, 7) is 3.18. The van der Waals surface area contributed by atoms with E-state index in [1.807, 2.05) is 28.8 Å². The predicted octanol–water partition coefficient (Wildman–Crippen LogP) is 6.22. The Morgan fingerprint density at radius 2 is 1.59 bits per heavy atom. The number of aromatic nitrogens is 4. The molecule has 0 spiro atoms. The van der Waals surface area contributed by atoms with Gasteiger partial charge in [-0.2, -0.15) is 13.2 Å². The number of hydrogen-bond donors (Lipinski definition) is 2. The molecule has 6 rings (SSSR count). The van der Waals surface area contributed by atoms with Gasteiger partial charge >= 0.3 is 6.18 Å². The average molecular weight is 558 g/mol. The van der Waals surface area contributed by atoms with E-state index in [-0.39, 0.29) is 6.04 Å². The van der Waals surface area contributed by atoms with Crippen molar-refractivity contribution in [3.8, 4) is 11.4 Å². The van der Waals surface area contributed by atoms with Gasteiger partial charge in [0.15, 0.2) is 17.3 Å². The van der Waals surface area contributed by atoms with Crippen LogP contribution in [0.4, 0.5) is 24.7 Å². The van der Waals surface area contributed by atoms with Gasteiger partial charge in [-0.25, -0.2) is 15.0 Å². The zero-order chi connectivity index (χ0) is 28.4. The number of halogens is 3. The number of fused-ring (bicyclic) bond motifs is 1. The molecule has 0 amide bonds. The molecular weight excluding hydrogens is 527 g/mol. The summed E-state index contributed by atoms with van der Waals surface area (Å²) in [6, 6.07) is 23.2. The molecule has 1 aliphatic rings. The van der Waals surface area contributed by atoms with Crippen LogP contribution in [0.2, 0.25) is 0 Å². The highest BCUT2D eigenvalue weighted by molar-refractivity contribution is 5.85. The van der Waals surface area contributed by atoms with Crippen LogP contribution in [0.5, 0.6) is 0 Å². The molecule has 41 heavy (non-hydrogen) atoms. The summed E-state index contributed by atoms with van der Waals surface area (Å²) in [4.78, 5) is 16.8. The Kier molecular flexibility index (Phi) is 7.32. The number of likely N-dealkylation sites (tertiary alicyclic amines) is 1. The van der Waals surface area contributed by atoms with Gasteiger partial charge in [-0.15, -0.1) is 0 Å². The molecule has 3 N–H and O–H groups in total. The second kappa shape index (κ2) is 11.2. The number of hydrogen-bond acceptors (Lipinski definition) is 6. The van der Waals surface area contributed by atoms with Crippen molar-refractivity contribution in [2.75, 3.05) is 24.1 Å². The lowest BCUT2D eigenvalue weighted by molar-refractivity contribution is -0.137. The van der Waals surface area contributed by atoms with Crippen LogP contribution < -0.4 is 11.1 Å². The lowest BCUT2D eigenvalue weighted by atomic mass is 10.0. The Hall–Kier alpha value is -4.44. The van der Waals surface area contributed by atoms with Gasteiger partial charge in [0, 0.05) is 36.9 Å². The molecule has 1 aliphatic heterocycles. The van der Waals surface area contributed by atoms with Crippen LogP contribution in [0.15, 0.2) is 85.2 Å². The van der Waals surface area contributed by atoms with Crippen molar-refractivity contribution in [1.82, 2.24) is 24.4 Å². The Labute approximate surface area is 235 Å². The van der Waals surface area contributed by atoms with Crippen LogP contribution in [-0.2, 0) is 19.3 Å². The van der Waals surface area contributed by atoms with E-state index >= 15 is 0 Å². The van der Waals surface area contributed by atoms with Crippen molar-refractivity contribution in [3.63, 3.8) is 0 Å². The van der Waals surface area contributed by atoms with Gasteiger partial charge in [-0.3, -0.25) is 4.90 Å². The molecule has 10 heteroatoms. The maximum atomic E-state index is 13.0. The second-order valence-electron chi connectivity index (χ2n) is 10.4. The molecule has 3 aromatic carbocycles. The summed E-state index contributed by atoms with van der Waals surface area (Å²) >= 11 is 0. The number of benzene rings is 3. The van der Waals surface area contributed by atoms with E-state index in [4.69, 9.17) is 15.7 Å². The number of nitrogens with one attached hydrogen (secondary N) is 1. The van der Waals surface area contributed by atoms with Crippen molar-refractivity contribution < 1.29 is 13.2 Å². The molecule has 7 nitrogen and oxygen atoms in total. The molecule has 1 saturated heterocycles. The molecule has 3 heterocycles. The van der Waals surface area contributed by atoms with Crippen LogP contribution in [0, 0.1) is 0 Å². The predicted molar refractivity (Wildman–Crippen MR) is 154 cm³/mol. The first-order chi connectivity index (χ1) is 19.8. The SMILES string of the molecule is Nc1cccc(-c2nc(NC3CCN(Cc4ccccc4)CC3)c3ncn(Cc4ccc(C(F)(F)F)cc4)c3n2)c1. The number of rotatable bonds is 7. The molecule has 0 aliphatic carbocycles. The first-order valence-corrected chi connectivity index (χ1v) is 13.6. The van der Waals surface area contributed by atoms with E-state index in [1.165, 1.54) is 17.7 Å². The van der Waals surface area contributed by atoms with Crippen LogP contribution >= 0.6 is 0 Å². The molecule has 0 atom stereocenters.